The molecule has 1 unspecified atom stereocenters. The molecule has 0 aliphatic heterocycles. The molecule has 0 fully saturated rings. The SMILES string of the molecule is CCCC(Nc1ccc(C(C)C)c(F)c1)C(=O)NC=O. The highest BCUT2D eigenvalue weighted by Gasteiger charge is 2.17. The van der Waals surface area contributed by atoms with E-state index in [1.54, 1.807) is 12.1 Å². The fourth-order valence-corrected chi connectivity index (χ4v) is 2.00. The van der Waals surface area contributed by atoms with Gasteiger partial charge in [-0.2, -0.15) is 0 Å². The maximum atomic E-state index is 13.9. The van der Waals surface area contributed by atoms with E-state index in [0.29, 0.717) is 24.1 Å². The van der Waals surface area contributed by atoms with E-state index in [2.05, 4.69) is 10.6 Å². The lowest BCUT2D eigenvalue weighted by atomic mass is 10.0. The summed E-state index contributed by atoms with van der Waals surface area (Å²) in [4.78, 5) is 22.0. The number of carbonyl (C=O) groups is 2. The Balaban J connectivity index is 2.85. The Morgan fingerprint density at radius 1 is 1.40 bits per heavy atom. The summed E-state index contributed by atoms with van der Waals surface area (Å²) in [6.45, 7) is 5.77. The normalized spacial score (nSPS) is 12.1. The molecule has 5 heteroatoms. The molecular formula is C15H21FN2O2. The van der Waals surface area contributed by atoms with Crippen LogP contribution < -0.4 is 10.6 Å². The van der Waals surface area contributed by atoms with E-state index in [0.717, 1.165) is 6.42 Å². The van der Waals surface area contributed by atoms with Crippen molar-refractivity contribution in [2.45, 2.75) is 45.6 Å². The summed E-state index contributed by atoms with van der Waals surface area (Å²) in [6, 6.07) is 4.29. The first-order valence-electron chi connectivity index (χ1n) is 6.79. The molecule has 0 heterocycles. The summed E-state index contributed by atoms with van der Waals surface area (Å²) in [5, 5.41) is 5.08. The molecule has 0 radical (unpaired) electrons. The molecule has 0 saturated carbocycles. The highest BCUT2D eigenvalue weighted by atomic mass is 19.1. The predicted octanol–water partition coefficient (Wildman–Crippen LogP) is 2.80. The Kier molecular flexibility index (Phi) is 6.15. The summed E-state index contributed by atoms with van der Waals surface area (Å²) in [5.41, 5.74) is 1.17. The van der Waals surface area contributed by atoms with Gasteiger partial charge >= 0.3 is 0 Å². The first kappa shape index (κ1) is 16.1. The fraction of sp³-hybridized carbons (Fsp3) is 0.467. The van der Waals surface area contributed by atoms with Crippen molar-refractivity contribution in [2.24, 2.45) is 0 Å². The van der Waals surface area contributed by atoms with Crippen molar-refractivity contribution in [3.8, 4) is 0 Å². The van der Waals surface area contributed by atoms with Crippen molar-refractivity contribution in [1.82, 2.24) is 5.32 Å². The van der Waals surface area contributed by atoms with Gasteiger partial charge in [0.1, 0.15) is 11.9 Å². The number of anilines is 1. The van der Waals surface area contributed by atoms with Gasteiger partial charge in [0.05, 0.1) is 0 Å². The molecule has 2 amide bonds. The molecule has 4 nitrogen and oxygen atoms in total. The quantitative estimate of drug-likeness (QED) is 0.755. The van der Waals surface area contributed by atoms with Gasteiger partial charge in [0.25, 0.3) is 0 Å². The van der Waals surface area contributed by atoms with Crippen LogP contribution >= 0.6 is 0 Å². The fourth-order valence-electron chi connectivity index (χ4n) is 2.00. The highest BCUT2D eigenvalue weighted by molar-refractivity contribution is 5.91. The maximum absolute atomic E-state index is 13.9. The van der Waals surface area contributed by atoms with E-state index in [1.807, 2.05) is 20.8 Å². The van der Waals surface area contributed by atoms with E-state index in [9.17, 15) is 14.0 Å². The monoisotopic (exact) mass is 280 g/mol. The van der Waals surface area contributed by atoms with Crippen molar-refractivity contribution in [1.29, 1.82) is 0 Å². The second-order valence-corrected chi connectivity index (χ2v) is 5.00. The average molecular weight is 280 g/mol. The van der Waals surface area contributed by atoms with Crippen LogP contribution in [0, 0.1) is 5.82 Å². The van der Waals surface area contributed by atoms with Gasteiger partial charge in [-0.25, -0.2) is 4.39 Å². The number of imide groups is 1. The molecule has 0 aliphatic rings. The minimum absolute atomic E-state index is 0.105. The molecule has 2 N–H and O–H groups in total. The molecule has 0 aliphatic carbocycles. The number of carbonyl (C=O) groups excluding carboxylic acids is 2. The van der Waals surface area contributed by atoms with E-state index in [4.69, 9.17) is 0 Å². The van der Waals surface area contributed by atoms with Crippen molar-refractivity contribution in [3.63, 3.8) is 0 Å². The van der Waals surface area contributed by atoms with Crippen LogP contribution in [0.4, 0.5) is 10.1 Å². The van der Waals surface area contributed by atoms with Gasteiger partial charge in [-0.3, -0.25) is 14.9 Å². The Morgan fingerprint density at radius 2 is 2.10 bits per heavy atom. The molecule has 1 rings (SSSR count). The summed E-state index contributed by atoms with van der Waals surface area (Å²) in [5.74, 6) is -0.597. The third-order valence-corrected chi connectivity index (χ3v) is 3.06. The molecular weight excluding hydrogens is 259 g/mol. The standard InChI is InChI=1S/C15H21FN2O2/c1-4-5-14(15(20)17-9-19)18-11-6-7-12(10(2)3)13(16)8-11/h6-10,14,18H,4-5H2,1-3H3,(H,17,19,20). The van der Waals surface area contributed by atoms with Gasteiger partial charge in [-0.1, -0.05) is 33.3 Å². The number of hydrogen-bond acceptors (Lipinski definition) is 3. The first-order chi connectivity index (χ1) is 9.49. The van der Waals surface area contributed by atoms with Crippen molar-refractivity contribution < 1.29 is 14.0 Å². The predicted molar refractivity (Wildman–Crippen MR) is 77.0 cm³/mol. The highest BCUT2D eigenvalue weighted by Crippen LogP contribution is 2.22. The Morgan fingerprint density at radius 3 is 2.60 bits per heavy atom. The van der Waals surface area contributed by atoms with Crippen LogP contribution in [0.1, 0.15) is 45.1 Å². The summed E-state index contributed by atoms with van der Waals surface area (Å²) in [7, 11) is 0. The van der Waals surface area contributed by atoms with Crippen molar-refractivity contribution in [3.05, 3.63) is 29.6 Å². The number of benzene rings is 1. The Labute approximate surface area is 118 Å². The number of nitrogens with one attached hydrogen (secondary N) is 2. The molecule has 1 aromatic rings. The zero-order valence-corrected chi connectivity index (χ0v) is 12.1. The molecule has 0 spiro atoms. The third-order valence-electron chi connectivity index (χ3n) is 3.06. The number of amides is 2. The molecule has 0 bridgehead atoms. The van der Waals surface area contributed by atoms with Crippen LogP contribution in [0.15, 0.2) is 18.2 Å². The van der Waals surface area contributed by atoms with E-state index < -0.39 is 11.9 Å². The minimum atomic E-state index is -0.547. The largest absolute Gasteiger partial charge is 0.374 e. The van der Waals surface area contributed by atoms with Crippen LogP contribution in [0.2, 0.25) is 0 Å². The van der Waals surface area contributed by atoms with E-state index in [-0.39, 0.29) is 11.7 Å². The molecule has 1 atom stereocenters. The second-order valence-electron chi connectivity index (χ2n) is 5.00. The average Bonchev–Trinajstić information content (AvgIpc) is 2.38. The molecule has 1 aromatic carbocycles. The summed E-state index contributed by atoms with van der Waals surface area (Å²) in [6.07, 6.45) is 1.69. The van der Waals surface area contributed by atoms with Crippen LogP contribution in [-0.2, 0) is 9.59 Å². The van der Waals surface area contributed by atoms with E-state index in [1.165, 1.54) is 6.07 Å². The van der Waals surface area contributed by atoms with Crippen LogP contribution in [0.5, 0.6) is 0 Å². The van der Waals surface area contributed by atoms with Crippen LogP contribution in [0.3, 0.4) is 0 Å². The second kappa shape index (κ2) is 7.62. The Bertz CT molecular complexity index is 475. The summed E-state index contributed by atoms with van der Waals surface area (Å²) < 4.78 is 13.9. The van der Waals surface area contributed by atoms with Gasteiger partial charge in [0.2, 0.25) is 12.3 Å². The topological polar surface area (TPSA) is 58.2 Å². The smallest absolute Gasteiger partial charge is 0.248 e. The number of halogens is 1. The van der Waals surface area contributed by atoms with Gasteiger partial charge in [0, 0.05) is 5.69 Å². The number of rotatable bonds is 7. The lowest BCUT2D eigenvalue weighted by Crippen LogP contribution is -2.38. The van der Waals surface area contributed by atoms with Gasteiger partial charge < -0.3 is 5.32 Å². The third kappa shape index (κ3) is 4.33. The molecule has 0 saturated heterocycles. The van der Waals surface area contributed by atoms with Crippen LogP contribution in [-0.4, -0.2) is 18.4 Å². The molecule has 110 valence electrons. The lowest BCUT2D eigenvalue weighted by molar-refractivity contribution is -0.125. The van der Waals surface area contributed by atoms with Gasteiger partial charge in [0.15, 0.2) is 0 Å². The number of hydrogen-bond donors (Lipinski definition) is 2. The molecule has 0 aromatic heterocycles. The lowest BCUT2D eigenvalue weighted by Gasteiger charge is -2.18. The Hall–Kier alpha value is -1.91. The van der Waals surface area contributed by atoms with Gasteiger partial charge in [-0.15, -0.1) is 0 Å². The zero-order chi connectivity index (χ0) is 15.1. The van der Waals surface area contributed by atoms with Gasteiger partial charge in [-0.05, 0) is 30.0 Å². The summed E-state index contributed by atoms with van der Waals surface area (Å²) >= 11 is 0. The molecule has 20 heavy (non-hydrogen) atoms. The maximum Gasteiger partial charge on any atom is 0.248 e. The zero-order valence-electron chi connectivity index (χ0n) is 12.1. The van der Waals surface area contributed by atoms with Crippen molar-refractivity contribution in [2.75, 3.05) is 5.32 Å². The van der Waals surface area contributed by atoms with E-state index >= 15 is 0 Å². The first-order valence-corrected chi connectivity index (χ1v) is 6.79. The van der Waals surface area contributed by atoms with Crippen molar-refractivity contribution >= 4 is 18.0 Å². The minimum Gasteiger partial charge on any atom is -0.374 e. The van der Waals surface area contributed by atoms with Crippen LogP contribution in [0.25, 0.3) is 0 Å².